The van der Waals surface area contributed by atoms with Crippen LogP contribution in [0.1, 0.15) is 22.6 Å². The van der Waals surface area contributed by atoms with Crippen LogP contribution in [0, 0.1) is 10.1 Å². The van der Waals surface area contributed by atoms with Crippen LogP contribution in [0.5, 0.6) is 11.5 Å². The number of nitrogens with zero attached hydrogens (tertiary/aromatic N) is 2. The number of likely N-dealkylation sites (N-methyl/N-ethyl adjacent to an activating group) is 1. The number of nitro groups is 1. The minimum absolute atomic E-state index is 0.312. The molecule has 4 aromatic carbocycles. The van der Waals surface area contributed by atoms with Gasteiger partial charge in [-0.2, -0.15) is 0 Å². The highest BCUT2D eigenvalue weighted by atomic mass is 16.6. The maximum atomic E-state index is 13.3. The summed E-state index contributed by atoms with van der Waals surface area (Å²) in [5, 5.41) is 17.7. The average molecular weight is 510 g/mol. The highest BCUT2D eigenvalue weighted by molar-refractivity contribution is 6.06. The Hall–Kier alpha value is -4.43. The molecule has 0 bridgehead atoms. The number of carbonyl (C=O) groups is 1. The fraction of sp³-hybridized carbons (Fsp3) is 0.233. The normalized spacial score (nSPS) is 22.4. The molecule has 3 atom stereocenters. The first-order valence-electron chi connectivity index (χ1n) is 12.5. The van der Waals surface area contributed by atoms with Crippen LogP contribution in [0.25, 0.3) is 10.8 Å². The Morgan fingerprint density at radius 1 is 1.03 bits per heavy atom. The highest BCUT2D eigenvalue weighted by Gasteiger charge is 2.68. The molecule has 1 spiro atoms. The van der Waals surface area contributed by atoms with Gasteiger partial charge in [0.05, 0.1) is 13.0 Å². The van der Waals surface area contributed by atoms with Crippen LogP contribution in [0.2, 0.25) is 0 Å². The molecule has 4 aromatic rings. The molecule has 8 nitrogen and oxygen atoms in total. The monoisotopic (exact) mass is 509 g/mol. The lowest BCUT2D eigenvalue weighted by atomic mass is 9.79. The molecule has 2 heterocycles. The molecule has 1 fully saturated rings. The van der Waals surface area contributed by atoms with E-state index in [4.69, 9.17) is 9.47 Å². The van der Waals surface area contributed by atoms with E-state index in [0.717, 1.165) is 21.9 Å². The number of amides is 1. The number of carbonyl (C=O) groups excluding carboxylic acids is 1. The van der Waals surface area contributed by atoms with Gasteiger partial charge in [0, 0.05) is 22.7 Å². The lowest BCUT2D eigenvalue weighted by Crippen LogP contribution is -2.54. The standard InChI is InChI=1S/C30H27N3O5/c1-32-17-23(28(33(35)36)30(32)24-12-5-6-13-25(24)31-29(30)34)20-14-15-26(27(16-20)37-2)38-18-21-10-7-9-19-8-3-4-11-22(19)21/h3-16,23,28H,17-18H2,1-2H3,(H,31,34)/t23-,28-,30+/m0/s1. The summed E-state index contributed by atoms with van der Waals surface area (Å²) in [5.74, 6) is 0.136. The average Bonchev–Trinajstić information content (AvgIpc) is 3.41. The zero-order valence-corrected chi connectivity index (χ0v) is 21.1. The molecule has 0 radical (unpaired) electrons. The number of ether oxygens (including phenoxy) is 2. The molecule has 2 aliphatic heterocycles. The smallest absolute Gasteiger partial charge is 0.256 e. The van der Waals surface area contributed by atoms with E-state index in [-0.39, 0.29) is 10.8 Å². The fourth-order valence-electron chi connectivity index (χ4n) is 6.19. The zero-order valence-electron chi connectivity index (χ0n) is 21.1. The first-order chi connectivity index (χ1) is 18.4. The van der Waals surface area contributed by atoms with Crippen LogP contribution >= 0.6 is 0 Å². The predicted molar refractivity (Wildman–Crippen MR) is 144 cm³/mol. The summed E-state index contributed by atoms with van der Waals surface area (Å²) in [6.45, 7) is 0.688. The van der Waals surface area contributed by atoms with Crippen molar-refractivity contribution in [3.63, 3.8) is 0 Å². The van der Waals surface area contributed by atoms with Crippen LogP contribution in [-0.4, -0.2) is 42.5 Å². The van der Waals surface area contributed by atoms with Crippen molar-refractivity contribution in [2.45, 2.75) is 24.1 Å². The third kappa shape index (κ3) is 3.52. The molecular weight excluding hydrogens is 482 g/mol. The molecule has 8 heteroatoms. The summed E-state index contributed by atoms with van der Waals surface area (Å²) in [6, 6.07) is 25.7. The molecular formula is C30H27N3O5. The Balaban J connectivity index is 1.33. The lowest BCUT2D eigenvalue weighted by molar-refractivity contribution is -0.534. The molecule has 0 saturated carbocycles. The van der Waals surface area contributed by atoms with Gasteiger partial charge in [-0.15, -0.1) is 0 Å². The fourth-order valence-corrected chi connectivity index (χ4v) is 6.19. The Morgan fingerprint density at radius 3 is 2.61 bits per heavy atom. The molecule has 6 rings (SSSR count). The maximum Gasteiger partial charge on any atom is 0.256 e. The number of fused-ring (bicyclic) bond motifs is 3. The van der Waals surface area contributed by atoms with Gasteiger partial charge in [0.15, 0.2) is 17.0 Å². The van der Waals surface area contributed by atoms with Crippen LogP contribution in [0.15, 0.2) is 84.9 Å². The predicted octanol–water partition coefficient (Wildman–Crippen LogP) is 4.95. The zero-order chi connectivity index (χ0) is 26.4. The second kappa shape index (κ2) is 9.15. The van der Waals surface area contributed by atoms with E-state index in [2.05, 4.69) is 23.5 Å². The number of para-hydroxylation sites is 1. The van der Waals surface area contributed by atoms with Crippen molar-refractivity contribution in [2.75, 3.05) is 26.0 Å². The van der Waals surface area contributed by atoms with Crippen molar-refractivity contribution in [3.05, 3.63) is 112 Å². The summed E-state index contributed by atoms with van der Waals surface area (Å²) in [5.41, 5.74) is 1.64. The number of rotatable bonds is 6. The third-order valence-corrected chi connectivity index (χ3v) is 7.92. The molecule has 1 amide bonds. The molecule has 0 unspecified atom stereocenters. The topological polar surface area (TPSA) is 93.9 Å². The van der Waals surface area contributed by atoms with Crippen molar-refractivity contribution < 1.29 is 19.2 Å². The summed E-state index contributed by atoms with van der Waals surface area (Å²) >= 11 is 0. The van der Waals surface area contributed by atoms with Crippen molar-refractivity contribution in [3.8, 4) is 11.5 Å². The molecule has 192 valence electrons. The molecule has 0 aromatic heterocycles. The van der Waals surface area contributed by atoms with Crippen LogP contribution in [-0.2, 0) is 16.9 Å². The Morgan fingerprint density at radius 2 is 1.79 bits per heavy atom. The minimum Gasteiger partial charge on any atom is -0.493 e. The van der Waals surface area contributed by atoms with E-state index in [9.17, 15) is 14.9 Å². The van der Waals surface area contributed by atoms with Crippen molar-refractivity contribution in [1.82, 2.24) is 4.90 Å². The highest BCUT2D eigenvalue weighted by Crippen LogP contribution is 2.52. The largest absolute Gasteiger partial charge is 0.493 e. The van der Waals surface area contributed by atoms with Gasteiger partial charge in [-0.25, -0.2) is 0 Å². The minimum atomic E-state index is -1.39. The number of nitrogens with one attached hydrogen (secondary N) is 1. The van der Waals surface area contributed by atoms with Gasteiger partial charge in [0.2, 0.25) is 0 Å². The number of anilines is 1. The summed E-state index contributed by atoms with van der Waals surface area (Å²) in [4.78, 5) is 27.4. The number of methoxy groups -OCH3 is 1. The van der Waals surface area contributed by atoms with Crippen LogP contribution in [0.3, 0.4) is 0 Å². The van der Waals surface area contributed by atoms with E-state index in [1.54, 1.807) is 38.4 Å². The van der Waals surface area contributed by atoms with Crippen LogP contribution < -0.4 is 14.8 Å². The van der Waals surface area contributed by atoms with E-state index in [0.29, 0.717) is 35.9 Å². The first-order valence-corrected chi connectivity index (χ1v) is 12.5. The SMILES string of the molecule is COc1cc([C@@H]2CN(C)[C@@]3(C(=O)Nc4ccccc43)[C@H]2[N+](=O)[O-])ccc1OCc1cccc2ccccc12. The number of hydrogen-bond donors (Lipinski definition) is 1. The van der Waals surface area contributed by atoms with Gasteiger partial charge >= 0.3 is 0 Å². The lowest BCUT2D eigenvalue weighted by Gasteiger charge is -2.30. The molecule has 38 heavy (non-hydrogen) atoms. The number of hydrogen-bond acceptors (Lipinski definition) is 6. The van der Waals surface area contributed by atoms with E-state index >= 15 is 0 Å². The summed E-state index contributed by atoms with van der Waals surface area (Å²) in [6.07, 6.45) is 0. The summed E-state index contributed by atoms with van der Waals surface area (Å²) < 4.78 is 11.8. The first kappa shape index (κ1) is 23.9. The molecule has 1 saturated heterocycles. The van der Waals surface area contributed by atoms with Crippen molar-refractivity contribution in [1.29, 1.82) is 0 Å². The van der Waals surface area contributed by atoms with Gasteiger partial charge in [-0.05, 0) is 47.1 Å². The molecule has 1 N–H and O–H groups in total. The number of likely N-dealkylation sites (tertiary alicyclic amines) is 1. The van der Waals surface area contributed by atoms with Gasteiger partial charge in [0.1, 0.15) is 6.61 Å². The Labute approximate surface area is 219 Å². The van der Waals surface area contributed by atoms with Gasteiger partial charge < -0.3 is 14.8 Å². The van der Waals surface area contributed by atoms with E-state index in [1.165, 1.54) is 0 Å². The van der Waals surface area contributed by atoms with Crippen molar-refractivity contribution >= 4 is 22.4 Å². The maximum absolute atomic E-state index is 13.3. The van der Waals surface area contributed by atoms with Crippen molar-refractivity contribution in [2.24, 2.45) is 0 Å². The van der Waals surface area contributed by atoms with Gasteiger partial charge in [-0.1, -0.05) is 66.7 Å². The second-order valence-corrected chi connectivity index (χ2v) is 9.82. The second-order valence-electron chi connectivity index (χ2n) is 9.82. The Bertz CT molecular complexity index is 1570. The number of benzene rings is 4. The van der Waals surface area contributed by atoms with Crippen LogP contribution in [0.4, 0.5) is 5.69 Å². The van der Waals surface area contributed by atoms with Gasteiger partial charge in [0.25, 0.3) is 11.9 Å². The summed E-state index contributed by atoms with van der Waals surface area (Å²) in [7, 11) is 3.33. The third-order valence-electron chi connectivity index (χ3n) is 7.92. The van der Waals surface area contributed by atoms with E-state index in [1.807, 2.05) is 47.4 Å². The van der Waals surface area contributed by atoms with Gasteiger partial charge in [-0.3, -0.25) is 19.8 Å². The van der Waals surface area contributed by atoms with E-state index < -0.39 is 17.5 Å². The molecule has 0 aliphatic carbocycles. The Kier molecular flexibility index (Phi) is 5.76. The molecule has 2 aliphatic rings. The quantitative estimate of drug-likeness (QED) is 0.292.